The fraction of sp³-hybridized carbons (Fsp3) is 0.304. The van der Waals surface area contributed by atoms with E-state index in [-0.39, 0.29) is 0 Å². The van der Waals surface area contributed by atoms with Crippen LogP contribution >= 0.6 is 0 Å². The van der Waals surface area contributed by atoms with Crippen molar-refractivity contribution in [3.8, 4) is 11.5 Å². The lowest BCUT2D eigenvalue weighted by molar-refractivity contribution is 0.310. The van der Waals surface area contributed by atoms with Crippen LogP contribution in [0.3, 0.4) is 0 Å². The van der Waals surface area contributed by atoms with Gasteiger partial charge in [-0.15, -0.1) is 10.2 Å². The average Bonchev–Trinajstić information content (AvgIpc) is 3.11. The third-order valence-corrected chi connectivity index (χ3v) is 5.00. The minimum atomic E-state index is 0.338. The molecule has 2 heterocycles. The molecule has 0 atom stereocenters. The summed E-state index contributed by atoms with van der Waals surface area (Å²) in [7, 11) is 1.61. The van der Waals surface area contributed by atoms with Crippen molar-refractivity contribution in [3.05, 3.63) is 48.0 Å². The lowest BCUT2D eigenvalue weighted by Crippen LogP contribution is -2.04. The van der Waals surface area contributed by atoms with Crippen LogP contribution in [0.1, 0.15) is 32.3 Å². The molecule has 0 aliphatic rings. The predicted octanol–water partition coefficient (Wildman–Crippen LogP) is 4.63. The van der Waals surface area contributed by atoms with Crippen molar-refractivity contribution in [2.45, 2.75) is 33.2 Å². The number of aromatic nitrogens is 4. The summed E-state index contributed by atoms with van der Waals surface area (Å²) in [6.07, 6.45) is 3.83. The molecule has 0 unspecified atom stereocenters. The number of nitrogens with one attached hydrogen (secondary N) is 1. The van der Waals surface area contributed by atoms with E-state index >= 15 is 0 Å². The monoisotopic (exact) mass is 418 g/mol. The van der Waals surface area contributed by atoms with Crippen LogP contribution < -0.4 is 14.9 Å². The van der Waals surface area contributed by atoms with Crippen molar-refractivity contribution in [2.75, 3.05) is 19.1 Å². The van der Waals surface area contributed by atoms with E-state index in [1.165, 1.54) is 0 Å². The molecule has 160 valence electrons. The molecule has 8 heteroatoms. The highest BCUT2D eigenvalue weighted by Gasteiger charge is 2.14. The fourth-order valence-electron chi connectivity index (χ4n) is 3.55. The molecule has 0 aliphatic heterocycles. The molecule has 0 bridgehead atoms. The number of rotatable bonds is 9. The summed E-state index contributed by atoms with van der Waals surface area (Å²) in [5.41, 5.74) is 6.41. The molecule has 0 amide bonds. The number of aryl methyl sites for hydroxylation is 1. The van der Waals surface area contributed by atoms with Crippen LogP contribution in [-0.2, 0) is 6.54 Å². The van der Waals surface area contributed by atoms with E-state index in [1.54, 1.807) is 13.3 Å². The Kier molecular flexibility index (Phi) is 6.26. The maximum Gasteiger partial charge on any atom is 0.265 e. The second-order valence-corrected chi connectivity index (χ2v) is 7.01. The van der Waals surface area contributed by atoms with Gasteiger partial charge < -0.3 is 14.0 Å². The molecule has 0 saturated carbocycles. The number of unbranched alkanes of at least 4 members (excludes halogenated alkanes) is 1. The quantitative estimate of drug-likeness (QED) is 0.315. The van der Waals surface area contributed by atoms with Gasteiger partial charge in [0.05, 0.1) is 25.4 Å². The highest BCUT2D eigenvalue weighted by Crippen LogP contribution is 2.30. The van der Waals surface area contributed by atoms with Crippen LogP contribution in [0.25, 0.3) is 22.1 Å². The number of benzene rings is 2. The molecule has 0 radical (unpaired) electrons. The van der Waals surface area contributed by atoms with Crippen molar-refractivity contribution >= 4 is 34.2 Å². The van der Waals surface area contributed by atoms with E-state index in [2.05, 4.69) is 44.3 Å². The van der Waals surface area contributed by atoms with Crippen LogP contribution in [0.2, 0.25) is 0 Å². The van der Waals surface area contributed by atoms with Crippen LogP contribution in [0.15, 0.2) is 47.6 Å². The summed E-state index contributed by atoms with van der Waals surface area (Å²) in [6, 6.07) is 13.8. The molecular formula is C23H26N6O2. The van der Waals surface area contributed by atoms with Crippen molar-refractivity contribution < 1.29 is 9.47 Å². The highest BCUT2D eigenvalue weighted by atomic mass is 16.5. The lowest BCUT2D eigenvalue weighted by Gasteiger charge is -2.11. The van der Waals surface area contributed by atoms with Gasteiger partial charge in [-0.2, -0.15) is 10.1 Å². The maximum absolute atomic E-state index is 5.72. The summed E-state index contributed by atoms with van der Waals surface area (Å²) in [5.74, 6) is 1.64. The van der Waals surface area contributed by atoms with Gasteiger partial charge in [0, 0.05) is 17.5 Å². The number of hydrogen-bond donors (Lipinski definition) is 1. The maximum atomic E-state index is 5.72. The SMILES string of the molecule is CCCCn1c2ccccc2c2nnc(N/N=C/c3cccc(OC)c3OCC)nc21. The number of hydrazone groups is 1. The summed E-state index contributed by atoms with van der Waals surface area (Å²) in [4.78, 5) is 4.70. The van der Waals surface area contributed by atoms with Gasteiger partial charge in [-0.25, -0.2) is 5.43 Å². The van der Waals surface area contributed by atoms with E-state index in [0.717, 1.165) is 47.0 Å². The smallest absolute Gasteiger partial charge is 0.265 e. The molecule has 0 saturated heterocycles. The molecule has 31 heavy (non-hydrogen) atoms. The van der Waals surface area contributed by atoms with Crippen molar-refractivity contribution in [1.82, 2.24) is 19.7 Å². The molecule has 0 fully saturated rings. The Morgan fingerprint density at radius 3 is 2.77 bits per heavy atom. The van der Waals surface area contributed by atoms with Gasteiger partial charge in [0.25, 0.3) is 5.95 Å². The molecular weight excluding hydrogens is 392 g/mol. The highest BCUT2D eigenvalue weighted by molar-refractivity contribution is 6.04. The second kappa shape index (κ2) is 9.42. The minimum Gasteiger partial charge on any atom is -0.493 e. The van der Waals surface area contributed by atoms with Crippen LogP contribution in [0.4, 0.5) is 5.95 Å². The predicted molar refractivity (Wildman–Crippen MR) is 123 cm³/mol. The van der Waals surface area contributed by atoms with Gasteiger partial charge in [-0.1, -0.05) is 37.6 Å². The Bertz CT molecular complexity index is 1220. The molecule has 8 nitrogen and oxygen atoms in total. The van der Waals surface area contributed by atoms with Gasteiger partial charge in [0.1, 0.15) is 5.52 Å². The second-order valence-electron chi connectivity index (χ2n) is 7.01. The van der Waals surface area contributed by atoms with Crippen molar-refractivity contribution in [1.29, 1.82) is 0 Å². The zero-order valence-electron chi connectivity index (χ0n) is 18.0. The first-order chi connectivity index (χ1) is 15.3. The third-order valence-electron chi connectivity index (χ3n) is 5.00. The van der Waals surface area contributed by atoms with Gasteiger partial charge in [-0.05, 0) is 31.5 Å². The first-order valence-corrected chi connectivity index (χ1v) is 10.5. The van der Waals surface area contributed by atoms with Gasteiger partial charge in [0.2, 0.25) is 0 Å². The zero-order chi connectivity index (χ0) is 21.6. The number of methoxy groups -OCH3 is 1. The third kappa shape index (κ3) is 4.14. The molecule has 4 aromatic rings. The Labute approximate surface area is 180 Å². The van der Waals surface area contributed by atoms with E-state index in [9.17, 15) is 0 Å². The largest absolute Gasteiger partial charge is 0.493 e. The summed E-state index contributed by atoms with van der Waals surface area (Å²) in [5, 5.41) is 14.0. The van der Waals surface area contributed by atoms with E-state index < -0.39 is 0 Å². The van der Waals surface area contributed by atoms with Gasteiger partial charge >= 0.3 is 0 Å². The molecule has 1 N–H and O–H groups in total. The standard InChI is InChI=1S/C23H26N6O2/c1-4-6-14-29-18-12-8-7-11-17(18)20-22(29)25-23(28-26-20)27-24-15-16-10-9-13-19(30-3)21(16)31-5-2/h7-13,15H,4-6,14H2,1-3H3,(H,25,27,28)/b24-15+. The number of ether oxygens (including phenoxy) is 2. The lowest BCUT2D eigenvalue weighted by atomic mass is 10.2. The minimum absolute atomic E-state index is 0.338. The summed E-state index contributed by atoms with van der Waals surface area (Å²) in [6.45, 7) is 5.51. The number of nitrogens with zero attached hydrogens (tertiary/aromatic N) is 5. The van der Waals surface area contributed by atoms with Crippen LogP contribution in [0.5, 0.6) is 11.5 Å². The van der Waals surface area contributed by atoms with Gasteiger partial charge in [0.15, 0.2) is 17.1 Å². The van der Waals surface area contributed by atoms with E-state index in [1.807, 2.05) is 37.3 Å². The molecule has 0 aliphatic carbocycles. The Balaban J connectivity index is 1.65. The molecule has 2 aromatic heterocycles. The molecule has 0 spiro atoms. The first kappa shape index (κ1) is 20.6. The number of para-hydroxylation sites is 2. The molecule has 4 rings (SSSR count). The number of anilines is 1. The van der Waals surface area contributed by atoms with E-state index in [4.69, 9.17) is 14.5 Å². The van der Waals surface area contributed by atoms with Crippen molar-refractivity contribution in [2.24, 2.45) is 5.10 Å². The fourth-order valence-corrected chi connectivity index (χ4v) is 3.55. The Hall–Kier alpha value is -3.68. The molecule has 2 aromatic carbocycles. The topological polar surface area (TPSA) is 86.5 Å². The van der Waals surface area contributed by atoms with Crippen molar-refractivity contribution in [3.63, 3.8) is 0 Å². The first-order valence-electron chi connectivity index (χ1n) is 10.5. The van der Waals surface area contributed by atoms with E-state index in [0.29, 0.717) is 24.1 Å². The normalized spacial score (nSPS) is 11.5. The zero-order valence-corrected chi connectivity index (χ0v) is 18.0. The summed E-state index contributed by atoms with van der Waals surface area (Å²) >= 11 is 0. The number of fused-ring (bicyclic) bond motifs is 3. The van der Waals surface area contributed by atoms with Crippen LogP contribution in [0, 0.1) is 0 Å². The Morgan fingerprint density at radius 1 is 1.10 bits per heavy atom. The number of hydrogen-bond acceptors (Lipinski definition) is 7. The average molecular weight is 419 g/mol. The summed E-state index contributed by atoms with van der Waals surface area (Å²) < 4.78 is 13.3. The Morgan fingerprint density at radius 2 is 1.97 bits per heavy atom. The van der Waals surface area contributed by atoms with Crippen LogP contribution in [-0.4, -0.2) is 39.7 Å². The van der Waals surface area contributed by atoms with Gasteiger partial charge in [-0.3, -0.25) is 0 Å².